The average molecular weight is 336 g/mol. The van der Waals surface area contributed by atoms with Crippen molar-refractivity contribution in [2.45, 2.75) is 32.7 Å². The fraction of sp³-hybridized carbons (Fsp3) is 0.438. The minimum absolute atomic E-state index is 0.584. The summed E-state index contributed by atoms with van der Waals surface area (Å²) in [6, 6.07) is 10.7. The van der Waals surface area contributed by atoms with Gasteiger partial charge in [-0.1, -0.05) is 37.3 Å². The van der Waals surface area contributed by atoms with E-state index in [2.05, 4.69) is 63.6 Å². The maximum atomic E-state index is 4.40. The van der Waals surface area contributed by atoms with Crippen LogP contribution in [-0.2, 0) is 13.6 Å². The Bertz CT molecular complexity index is 548. The predicted molar refractivity (Wildman–Crippen MR) is 86.8 cm³/mol. The molecule has 1 unspecified atom stereocenters. The van der Waals surface area contributed by atoms with E-state index < -0.39 is 0 Å². The summed E-state index contributed by atoms with van der Waals surface area (Å²) in [6.07, 6.45) is 1.14. The van der Waals surface area contributed by atoms with E-state index in [1.807, 2.05) is 18.7 Å². The van der Waals surface area contributed by atoms with Gasteiger partial charge in [-0.05, 0) is 47.3 Å². The summed E-state index contributed by atoms with van der Waals surface area (Å²) in [6.45, 7) is 6.15. The van der Waals surface area contributed by atoms with Crippen LogP contribution in [0, 0.1) is 6.92 Å². The van der Waals surface area contributed by atoms with Gasteiger partial charge in [-0.3, -0.25) is 4.68 Å². The molecule has 1 N–H and O–H groups in total. The lowest BCUT2D eigenvalue weighted by Gasteiger charge is -2.12. The van der Waals surface area contributed by atoms with E-state index in [-0.39, 0.29) is 0 Å². The van der Waals surface area contributed by atoms with Crippen molar-refractivity contribution in [1.29, 1.82) is 0 Å². The van der Waals surface area contributed by atoms with E-state index >= 15 is 0 Å². The third-order valence-electron chi connectivity index (χ3n) is 3.68. The second-order valence-corrected chi connectivity index (χ2v) is 6.04. The third-order valence-corrected chi connectivity index (χ3v) is 4.71. The Labute approximate surface area is 129 Å². The minimum Gasteiger partial charge on any atom is -0.311 e. The molecule has 1 aromatic heterocycles. The molecule has 1 aromatic carbocycles. The van der Waals surface area contributed by atoms with E-state index in [1.165, 1.54) is 11.3 Å². The van der Waals surface area contributed by atoms with Crippen molar-refractivity contribution in [3.8, 4) is 0 Å². The summed E-state index contributed by atoms with van der Waals surface area (Å²) < 4.78 is 3.05. The van der Waals surface area contributed by atoms with Crippen LogP contribution >= 0.6 is 15.9 Å². The molecule has 0 aliphatic carbocycles. The summed E-state index contributed by atoms with van der Waals surface area (Å²) in [5.74, 6) is 0.584. The van der Waals surface area contributed by atoms with Crippen molar-refractivity contribution in [3.63, 3.8) is 0 Å². The van der Waals surface area contributed by atoms with Crippen molar-refractivity contribution in [3.05, 3.63) is 51.8 Å². The number of aryl methyl sites for hydroxylation is 2. The van der Waals surface area contributed by atoms with Crippen molar-refractivity contribution < 1.29 is 0 Å². The second kappa shape index (κ2) is 7.04. The summed E-state index contributed by atoms with van der Waals surface area (Å²) >= 11 is 3.60. The van der Waals surface area contributed by atoms with Gasteiger partial charge in [0.05, 0.1) is 15.9 Å². The summed E-state index contributed by atoms with van der Waals surface area (Å²) in [7, 11) is 1.99. The Morgan fingerprint density at radius 3 is 2.60 bits per heavy atom. The number of nitrogens with zero attached hydrogens (tertiary/aromatic N) is 2. The van der Waals surface area contributed by atoms with Gasteiger partial charge >= 0.3 is 0 Å². The Morgan fingerprint density at radius 2 is 2.00 bits per heavy atom. The number of aromatic nitrogens is 2. The third kappa shape index (κ3) is 3.70. The molecule has 0 saturated carbocycles. The van der Waals surface area contributed by atoms with Gasteiger partial charge in [0.2, 0.25) is 0 Å². The SMILES string of the molecule is Cc1nn(C)c(CNCCC(C)c2ccccc2)c1Br. The number of benzene rings is 1. The Balaban J connectivity index is 1.79. The van der Waals surface area contributed by atoms with Crippen LogP contribution in [0.1, 0.15) is 36.2 Å². The second-order valence-electron chi connectivity index (χ2n) is 5.25. The molecule has 0 spiro atoms. The molecule has 0 aliphatic rings. The molecule has 0 aliphatic heterocycles. The van der Waals surface area contributed by atoms with Crippen LogP contribution in [0.25, 0.3) is 0 Å². The van der Waals surface area contributed by atoms with Crippen LogP contribution in [-0.4, -0.2) is 16.3 Å². The molecule has 0 radical (unpaired) electrons. The maximum absolute atomic E-state index is 4.40. The molecular weight excluding hydrogens is 314 g/mol. The number of nitrogens with one attached hydrogen (secondary N) is 1. The number of halogens is 1. The topological polar surface area (TPSA) is 29.9 Å². The van der Waals surface area contributed by atoms with Crippen LogP contribution in [0.3, 0.4) is 0 Å². The highest BCUT2D eigenvalue weighted by atomic mass is 79.9. The molecule has 1 heterocycles. The summed E-state index contributed by atoms with van der Waals surface area (Å²) in [4.78, 5) is 0. The van der Waals surface area contributed by atoms with E-state index in [4.69, 9.17) is 0 Å². The highest BCUT2D eigenvalue weighted by molar-refractivity contribution is 9.10. The maximum Gasteiger partial charge on any atom is 0.0739 e. The van der Waals surface area contributed by atoms with Crippen LogP contribution in [0.2, 0.25) is 0 Å². The van der Waals surface area contributed by atoms with Crippen molar-refractivity contribution in [2.24, 2.45) is 7.05 Å². The van der Waals surface area contributed by atoms with Gasteiger partial charge in [0, 0.05) is 13.6 Å². The zero-order chi connectivity index (χ0) is 14.5. The predicted octanol–water partition coefficient (Wildman–Crippen LogP) is 3.77. The molecule has 0 saturated heterocycles. The molecule has 1 atom stereocenters. The highest BCUT2D eigenvalue weighted by Gasteiger charge is 2.10. The quantitative estimate of drug-likeness (QED) is 0.814. The smallest absolute Gasteiger partial charge is 0.0739 e. The molecule has 20 heavy (non-hydrogen) atoms. The average Bonchev–Trinajstić information content (AvgIpc) is 2.70. The van der Waals surface area contributed by atoms with E-state index in [9.17, 15) is 0 Å². The van der Waals surface area contributed by atoms with E-state index in [0.717, 1.165) is 29.7 Å². The summed E-state index contributed by atoms with van der Waals surface area (Å²) in [5, 5.41) is 7.91. The molecule has 0 bridgehead atoms. The molecular formula is C16H22BrN3. The first-order valence-electron chi connectivity index (χ1n) is 7.03. The number of hydrogen-bond acceptors (Lipinski definition) is 2. The highest BCUT2D eigenvalue weighted by Crippen LogP contribution is 2.20. The fourth-order valence-electron chi connectivity index (χ4n) is 2.35. The van der Waals surface area contributed by atoms with Crippen LogP contribution in [0.4, 0.5) is 0 Å². The summed E-state index contributed by atoms with van der Waals surface area (Å²) in [5.41, 5.74) is 3.66. The number of rotatable bonds is 6. The van der Waals surface area contributed by atoms with Crippen molar-refractivity contribution in [2.75, 3.05) is 6.54 Å². The van der Waals surface area contributed by atoms with Crippen LogP contribution in [0.15, 0.2) is 34.8 Å². The lowest BCUT2D eigenvalue weighted by Crippen LogP contribution is -2.18. The lowest BCUT2D eigenvalue weighted by atomic mass is 9.98. The lowest BCUT2D eigenvalue weighted by molar-refractivity contribution is 0.571. The first-order valence-corrected chi connectivity index (χ1v) is 7.82. The van der Waals surface area contributed by atoms with Gasteiger partial charge in [0.15, 0.2) is 0 Å². The molecule has 0 amide bonds. The minimum atomic E-state index is 0.584. The fourth-order valence-corrected chi connectivity index (χ4v) is 2.82. The van der Waals surface area contributed by atoms with Crippen molar-refractivity contribution >= 4 is 15.9 Å². The number of hydrogen-bond donors (Lipinski definition) is 1. The molecule has 108 valence electrons. The first kappa shape index (κ1) is 15.3. The zero-order valence-corrected chi connectivity index (χ0v) is 13.9. The Kier molecular flexibility index (Phi) is 5.38. The molecule has 2 aromatic rings. The van der Waals surface area contributed by atoms with Crippen LogP contribution in [0.5, 0.6) is 0 Å². The van der Waals surface area contributed by atoms with Gasteiger partial charge in [-0.25, -0.2) is 0 Å². The Morgan fingerprint density at radius 1 is 1.30 bits per heavy atom. The zero-order valence-electron chi connectivity index (χ0n) is 12.4. The van der Waals surface area contributed by atoms with Gasteiger partial charge in [-0.15, -0.1) is 0 Å². The molecule has 3 nitrogen and oxygen atoms in total. The molecule has 4 heteroatoms. The normalized spacial score (nSPS) is 12.6. The van der Waals surface area contributed by atoms with E-state index in [1.54, 1.807) is 0 Å². The Hall–Kier alpha value is -1.13. The standard InChI is InChI=1S/C16H22BrN3/c1-12(14-7-5-4-6-8-14)9-10-18-11-15-16(17)13(2)19-20(15)3/h4-8,12,18H,9-11H2,1-3H3. The van der Waals surface area contributed by atoms with Crippen LogP contribution < -0.4 is 5.32 Å². The van der Waals surface area contributed by atoms with Gasteiger partial charge < -0.3 is 5.32 Å². The molecule has 0 fully saturated rings. The first-order chi connectivity index (χ1) is 9.59. The van der Waals surface area contributed by atoms with E-state index in [0.29, 0.717) is 5.92 Å². The molecule has 2 rings (SSSR count). The largest absolute Gasteiger partial charge is 0.311 e. The van der Waals surface area contributed by atoms with Crippen molar-refractivity contribution in [1.82, 2.24) is 15.1 Å². The monoisotopic (exact) mass is 335 g/mol. The van der Waals surface area contributed by atoms with Gasteiger partial charge in [0.1, 0.15) is 0 Å². The van der Waals surface area contributed by atoms with Gasteiger partial charge in [0.25, 0.3) is 0 Å². The van der Waals surface area contributed by atoms with Gasteiger partial charge in [-0.2, -0.15) is 5.10 Å².